The molecule has 0 bridgehead atoms. The molecule has 1 aliphatic heterocycles. The van der Waals surface area contributed by atoms with Crippen LogP contribution in [0.2, 0.25) is 0 Å². The van der Waals surface area contributed by atoms with Crippen LogP contribution in [0.15, 0.2) is 40.8 Å². The van der Waals surface area contributed by atoms with Gasteiger partial charge in [0, 0.05) is 51.1 Å². The molecule has 0 saturated carbocycles. The van der Waals surface area contributed by atoms with E-state index in [1.807, 2.05) is 17.0 Å². The number of methoxy groups -OCH3 is 1. The van der Waals surface area contributed by atoms with Crippen molar-refractivity contribution in [3.8, 4) is 0 Å². The van der Waals surface area contributed by atoms with Gasteiger partial charge in [-0.05, 0) is 23.8 Å². The van der Waals surface area contributed by atoms with Gasteiger partial charge in [-0.15, -0.1) is 0 Å². The highest BCUT2D eigenvalue weighted by Gasteiger charge is 2.20. The Hall–Kier alpha value is -2.65. The van der Waals surface area contributed by atoms with Crippen molar-refractivity contribution in [3.63, 3.8) is 0 Å². The first kappa shape index (κ1) is 19.7. The number of halogens is 1. The van der Waals surface area contributed by atoms with Gasteiger partial charge in [-0.3, -0.25) is 4.98 Å². The highest BCUT2D eigenvalue weighted by Crippen LogP contribution is 2.29. The molecular formula is C20H22FN5O2S. The molecule has 0 amide bonds. The molecule has 0 aliphatic carbocycles. The fourth-order valence-corrected chi connectivity index (χ4v) is 4.21. The van der Waals surface area contributed by atoms with Gasteiger partial charge in [0.25, 0.3) is 0 Å². The highest BCUT2D eigenvalue weighted by atomic mass is 32.2. The molecule has 2 aromatic heterocycles. The van der Waals surface area contributed by atoms with Crippen molar-refractivity contribution in [2.24, 2.45) is 5.16 Å². The third-order valence-electron chi connectivity index (χ3n) is 4.90. The quantitative estimate of drug-likeness (QED) is 0.360. The molecule has 29 heavy (non-hydrogen) atoms. The van der Waals surface area contributed by atoms with Crippen LogP contribution in [0.4, 0.5) is 10.1 Å². The largest absolute Gasteiger partial charge is 0.411 e. The number of benzene rings is 1. The molecule has 1 saturated heterocycles. The fraction of sp³-hybridized carbons (Fsp3) is 0.350. The molecule has 3 heterocycles. The predicted octanol–water partition coefficient (Wildman–Crippen LogP) is 3.97. The Morgan fingerprint density at radius 1 is 1.31 bits per heavy atom. The lowest BCUT2D eigenvalue weighted by Gasteiger charge is -2.29. The lowest BCUT2D eigenvalue weighted by atomic mass is 10.1. The lowest BCUT2D eigenvalue weighted by Crippen LogP contribution is -2.34. The van der Waals surface area contributed by atoms with Crippen molar-refractivity contribution in [2.75, 3.05) is 25.1 Å². The van der Waals surface area contributed by atoms with Crippen LogP contribution >= 0.6 is 11.8 Å². The summed E-state index contributed by atoms with van der Waals surface area (Å²) in [6.45, 7) is 1.80. The topological polar surface area (TPSA) is 86.6 Å². The van der Waals surface area contributed by atoms with Crippen molar-refractivity contribution < 1.29 is 14.3 Å². The maximum absolute atomic E-state index is 14.7. The van der Waals surface area contributed by atoms with E-state index < -0.39 is 0 Å². The number of pyridine rings is 1. The number of aromatic amines is 1. The number of oxime groups is 1. The molecule has 1 aliphatic rings. The van der Waals surface area contributed by atoms with Crippen molar-refractivity contribution in [2.45, 2.75) is 30.4 Å². The van der Waals surface area contributed by atoms with Crippen LogP contribution in [0, 0.1) is 5.82 Å². The number of imidazole rings is 1. The van der Waals surface area contributed by atoms with Crippen molar-refractivity contribution >= 4 is 34.2 Å². The number of piperidine rings is 1. The normalized spacial score (nSPS) is 14.6. The van der Waals surface area contributed by atoms with E-state index in [2.05, 4.69) is 20.1 Å². The summed E-state index contributed by atoms with van der Waals surface area (Å²) in [5.41, 5.74) is 4.70. The first-order valence-electron chi connectivity index (χ1n) is 9.36. The van der Waals surface area contributed by atoms with E-state index in [4.69, 9.17) is 9.94 Å². The zero-order valence-corrected chi connectivity index (χ0v) is 16.9. The third-order valence-corrected chi connectivity index (χ3v) is 5.81. The van der Waals surface area contributed by atoms with Crippen LogP contribution in [0.3, 0.4) is 0 Å². The zero-order chi connectivity index (χ0) is 20.2. The molecule has 2 N–H and O–H groups in total. The highest BCUT2D eigenvalue weighted by molar-refractivity contribution is 7.98. The van der Waals surface area contributed by atoms with Crippen LogP contribution in [0.25, 0.3) is 11.0 Å². The van der Waals surface area contributed by atoms with Crippen molar-refractivity contribution in [1.82, 2.24) is 15.0 Å². The Kier molecular flexibility index (Phi) is 5.96. The zero-order valence-electron chi connectivity index (χ0n) is 16.1. The van der Waals surface area contributed by atoms with Crippen LogP contribution in [-0.4, -0.2) is 46.1 Å². The van der Waals surface area contributed by atoms with Gasteiger partial charge < -0.3 is 19.8 Å². The number of nitrogens with zero attached hydrogens (tertiary/aromatic N) is 4. The number of aromatic nitrogens is 3. The second-order valence-corrected chi connectivity index (χ2v) is 7.86. The van der Waals surface area contributed by atoms with Gasteiger partial charge in [0.2, 0.25) is 0 Å². The molecule has 152 valence electrons. The van der Waals surface area contributed by atoms with Crippen LogP contribution in [0.5, 0.6) is 0 Å². The Morgan fingerprint density at radius 2 is 2.14 bits per heavy atom. The molecule has 3 aromatic rings. The third kappa shape index (κ3) is 4.51. The maximum atomic E-state index is 14.7. The van der Waals surface area contributed by atoms with Crippen molar-refractivity contribution in [3.05, 3.63) is 47.5 Å². The monoisotopic (exact) mass is 415 g/mol. The van der Waals surface area contributed by atoms with Gasteiger partial charge in [0.05, 0.1) is 34.7 Å². The van der Waals surface area contributed by atoms with E-state index in [1.165, 1.54) is 17.8 Å². The summed E-state index contributed by atoms with van der Waals surface area (Å²) in [6.07, 6.45) is 3.03. The number of thioether (sulfide) groups is 1. The van der Waals surface area contributed by atoms with Crippen LogP contribution in [0.1, 0.15) is 24.1 Å². The molecule has 0 atom stereocenters. The minimum absolute atomic E-state index is 0.281. The van der Waals surface area contributed by atoms with Gasteiger partial charge in [-0.2, -0.15) is 0 Å². The second kappa shape index (κ2) is 8.79. The SMILES string of the molecule is COCc1ccnc(CSc2nc3cc(N4CCC(=NO)CC4)c(F)cc3[nH]2)c1. The van der Waals surface area contributed by atoms with Crippen LogP contribution in [-0.2, 0) is 17.1 Å². The van der Waals surface area contributed by atoms with Gasteiger partial charge >= 0.3 is 0 Å². The Balaban J connectivity index is 1.49. The molecule has 0 spiro atoms. The average Bonchev–Trinajstić information content (AvgIpc) is 3.14. The number of hydrogen-bond acceptors (Lipinski definition) is 7. The minimum Gasteiger partial charge on any atom is -0.411 e. The number of anilines is 1. The molecule has 7 nitrogen and oxygen atoms in total. The number of rotatable bonds is 6. The molecule has 4 rings (SSSR count). The Labute approximate surface area is 172 Å². The molecule has 0 radical (unpaired) electrons. The van der Waals surface area contributed by atoms with E-state index >= 15 is 0 Å². The summed E-state index contributed by atoms with van der Waals surface area (Å²) in [5.74, 6) is 0.373. The molecule has 1 aromatic carbocycles. The number of fused-ring (bicyclic) bond motifs is 1. The van der Waals surface area contributed by atoms with E-state index in [-0.39, 0.29) is 5.82 Å². The maximum Gasteiger partial charge on any atom is 0.166 e. The number of nitrogens with one attached hydrogen (secondary N) is 1. The number of ether oxygens (including phenoxy) is 1. The average molecular weight is 415 g/mol. The summed E-state index contributed by atoms with van der Waals surface area (Å²) in [6, 6.07) is 7.22. The first-order valence-corrected chi connectivity index (χ1v) is 10.3. The van der Waals surface area contributed by atoms with Crippen molar-refractivity contribution in [1.29, 1.82) is 0 Å². The van der Waals surface area contributed by atoms with Gasteiger partial charge in [0.15, 0.2) is 5.16 Å². The summed E-state index contributed by atoms with van der Waals surface area (Å²) in [5, 5.41) is 12.9. The van der Waals surface area contributed by atoms with E-state index in [9.17, 15) is 4.39 Å². The summed E-state index contributed by atoms with van der Waals surface area (Å²) in [4.78, 5) is 14.1. The molecule has 0 unspecified atom stereocenters. The molecular weight excluding hydrogens is 393 g/mol. The predicted molar refractivity (Wildman–Crippen MR) is 111 cm³/mol. The second-order valence-electron chi connectivity index (χ2n) is 6.89. The first-order chi connectivity index (χ1) is 14.2. The molecule has 1 fully saturated rings. The standard InChI is InChI=1S/C20H22FN5O2S/c1-28-11-13-2-5-22-15(8-13)12-29-20-23-17-9-16(21)19(10-18(17)24-20)26-6-3-14(25-27)4-7-26/h2,5,8-10,27H,3-4,6-7,11-12H2,1H3,(H,23,24). The smallest absolute Gasteiger partial charge is 0.166 e. The van der Waals surface area contributed by atoms with Gasteiger partial charge in [0.1, 0.15) is 5.82 Å². The fourth-order valence-electron chi connectivity index (χ4n) is 3.42. The summed E-state index contributed by atoms with van der Waals surface area (Å²) >= 11 is 1.53. The Morgan fingerprint density at radius 3 is 2.90 bits per heavy atom. The lowest BCUT2D eigenvalue weighted by molar-refractivity contribution is 0.185. The Bertz CT molecular complexity index is 1030. The minimum atomic E-state index is -0.281. The van der Waals surface area contributed by atoms with E-state index in [0.29, 0.717) is 49.5 Å². The van der Waals surface area contributed by atoms with E-state index in [0.717, 1.165) is 27.6 Å². The summed E-state index contributed by atoms with van der Waals surface area (Å²) in [7, 11) is 1.67. The van der Waals surface area contributed by atoms with E-state index in [1.54, 1.807) is 19.4 Å². The van der Waals surface area contributed by atoms with Gasteiger partial charge in [-0.1, -0.05) is 16.9 Å². The number of hydrogen-bond donors (Lipinski definition) is 2. The van der Waals surface area contributed by atoms with Gasteiger partial charge in [-0.25, -0.2) is 9.37 Å². The number of H-pyrrole nitrogens is 1. The summed E-state index contributed by atoms with van der Waals surface area (Å²) < 4.78 is 19.8. The molecule has 9 heteroatoms. The van der Waals surface area contributed by atoms with Crippen LogP contribution < -0.4 is 4.90 Å².